The van der Waals surface area contributed by atoms with Crippen LogP contribution in [0.15, 0.2) is 18.3 Å². The summed E-state index contributed by atoms with van der Waals surface area (Å²) in [6, 6.07) is 2.92. The van der Waals surface area contributed by atoms with Crippen LogP contribution in [0.2, 0.25) is 0 Å². The Hall–Kier alpha value is -1.33. The van der Waals surface area contributed by atoms with E-state index >= 15 is 0 Å². The zero-order valence-electron chi connectivity index (χ0n) is 9.39. The molecule has 1 fully saturated rings. The number of ketones is 1. The van der Waals surface area contributed by atoms with Gasteiger partial charge in [-0.2, -0.15) is 4.39 Å². The number of hydrogen-bond donors (Lipinski definition) is 0. The maximum absolute atomic E-state index is 13.2. The number of pyridine rings is 1. The van der Waals surface area contributed by atoms with Gasteiger partial charge in [0.25, 0.3) is 0 Å². The van der Waals surface area contributed by atoms with Gasteiger partial charge < -0.3 is 9.47 Å². The number of nitrogens with zero attached hydrogens (tertiary/aromatic N) is 1. The van der Waals surface area contributed by atoms with E-state index in [1.165, 1.54) is 18.3 Å². The van der Waals surface area contributed by atoms with Gasteiger partial charge >= 0.3 is 0 Å². The third-order valence-electron chi connectivity index (χ3n) is 2.60. The molecule has 0 aliphatic carbocycles. The van der Waals surface area contributed by atoms with Crippen LogP contribution < -0.4 is 0 Å². The monoisotopic (exact) mass is 239 g/mol. The number of carbonyl (C=O) groups is 1. The summed E-state index contributed by atoms with van der Waals surface area (Å²) < 4.78 is 23.8. The maximum atomic E-state index is 13.2. The van der Waals surface area contributed by atoms with E-state index in [1.807, 2.05) is 0 Å². The lowest BCUT2D eigenvalue weighted by Crippen LogP contribution is -2.25. The zero-order valence-corrected chi connectivity index (χ0v) is 9.39. The first-order chi connectivity index (χ1) is 8.27. The van der Waals surface area contributed by atoms with Crippen LogP contribution in [0.1, 0.15) is 29.6 Å². The minimum Gasteiger partial charge on any atom is -0.353 e. The van der Waals surface area contributed by atoms with Crippen molar-refractivity contribution in [3.63, 3.8) is 0 Å². The molecule has 1 aliphatic heterocycles. The lowest BCUT2D eigenvalue weighted by atomic mass is 10.2. The van der Waals surface area contributed by atoms with E-state index in [2.05, 4.69) is 4.98 Å². The highest BCUT2D eigenvalue weighted by atomic mass is 19.1. The Balaban J connectivity index is 1.87. The molecule has 0 saturated carbocycles. The Labute approximate surface area is 98.8 Å². The SMILES string of the molecule is O=C(COC1CCCCO1)c1cccnc1F. The molecule has 2 rings (SSSR count). The van der Waals surface area contributed by atoms with E-state index in [-0.39, 0.29) is 18.5 Å². The number of halogens is 1. The molecule has 0 amide bonds. The van der Waals surface area contributed by atoms with E-state index in [4.69, 9.17) is 9.47 Å². The minimum absolute atomic E-state index is 0.0386. The lowest BCUT2D eigenvalue weighted by molar-refractivity contribution is -0.155. The fourth-order valence-corrected chi connectivity index (χ4v) is 1.68. The maximum Gasteiger partial charge on any atom is 0.223 e. The van der Waals surface area contributed by atoms with Crippen molar-refractivity contribution in [1.29, 1.82) is 0 Å². The van der Waals surface area contributed by atoms with Crippen LogP contribution in [0.4, 0.5) is 4.39 Å². The van der Waals surface area contributed by atoms with Gasteiger partial charge in [0.05, 0.1) is 5.56 Å². The van der Waals surface area contributed by atoms with Crippen LogP contribution in [0.25, 0.3) is 0 Å². The predicted octanol–water partition coefficient (Wildman–Crippen LogP) is 1.95. The summed E-state index contributed by atoms with van der Waals surface area (Å²) in [6.07, 6.45) is 3.79. The van der Waals surface area contributed by atoms with Crippen molar-refractivity contribution in [3.05, 3.63) is 29.8 Å². The number of aromatic nitrogens is 1. The van der Waals surface area contributed by atoms with Gasteiger partial charge in [-0.1, -0.05) is 0 Å². The van der Waals surface area contributed by atoms with Gasteiger partial charge in [0, 0.05) is 12.8 Å². The first kappa shape index (κ1) is 12.1. The standard InChI is InChI=1S/C12H14FNO3/c13-12-9(4-3-6-14-12)10(15)8-17-11-5-1-2-7-16-11/h3-4,6,11H,1-2,5,7-8H2. The van der Waals surface area contributed by atoms with Crippen molar-refractivity contribution in [2.75, 3.05) is 13.2 Å². The molecule has 0 spiro atoms. The molecule has 1 aliphatic rings. The van der Waals surface area contributed by atoms with Gasteiger partial charge in [0.2, 0.25) is 5.95 Å². The van der Waals surface area contributed by atoms with Crippen molar-refractivity contribution in [2.45, 2.75) is 25.6 Å². The second kappa shape index (κ2) is 5.84. The van der Waals surface area contributed by atoms with Crippen molar-refractivity contribution in [2.24, 2.45) is 0 Å². The van der Waals surface area contributed by atoms with Crippen LogP contribution in [0.3, 0.4) is 0 Å². The summed E-state index contributed by atoms with van der Waals surface area (Å²) in [5.74, 6) is -1.17. The van der Waals surface area contributed by atoms with Crippen molar-refractivity contribution >= 4 is 5.78 Å². The molecule has 0 bridgehead atoms. The third kappa shape index (κ3) is 3.31. The predicted molar refractivity (Wildman–Crippen MR) is 58.1 cm³/mol. The third-order valence-corrected chi connectivity index (χ3v) is 2.60. The summed E-state index contributed by atoms with van der Waals surface area (Å²) in [6.45, 7) is 0.480. The number of ether oxygens (including phenoxy) is 2. The second-order valence-electron chi connectivity index (χ2n) is 3.87. The quantitative estimate of drug-likeness (QED) is 0.595. The number of Topliss-reactive ketones (excluding diaryl/α,β-unsaturated/α-hetero) is 1. The Kier molecular flexibility index (Phi) is 4.17. The molecule has 0 N–H and O–H groups in total. The van der Waals surface area contributed by atoms with Gasteiger partial charge in [-0.15, -0.1) is 0 Å². The molecular weight excluding hydrogens is 225 g/mol. The molecule has 1 atom stereocenters. The number of rotatable bonds is 4. The van der Waals surface area contributed by atoms with E-state index in [0.29, 0.717) is 6.61 Å². The molecule has 92 valence electrons. The van der Waals surface area contributed by atoms with Crippen LogP contribution in [0, 0.1) is 5.95 Å². The average molecular weight is 239 g/mol. The van der Waals surface area contributed by atoms with Crippen molar-refractivity contribution < 1.29 is 18.7 Å². The van der Waals surface area contributed by atoms with Crippen LogP contribution in [-0.4, -0.2) is 30.3 Å². The zero-order chi connectivity index (χ0) is 12.1. The average Bonchev–Trinajstić information content (AvgIpc) is 2.38. The van der Waals surface area contributed by atoms with E-state index in [9.17, 15) is 9.18 Å². The molecule has 1 unspecified atom stereocenters. The van der Waals surface area contributed by atoms with Crippen LogP contribution in [-0.2, 0) is 9.47 Å². The first-order valence-corrected chi connectivity index (χ1v) is 5.64. The highest BCUT2D eigenvalue weighted by Crippen LogP contribution is 2.14. The smallest absolute Gasteiger partial charge is 0.223 e. The topological polar surface area (TPSA) is 48.4 Å². The van der Waals surface area contributed by atoms with Crippen LogP contribution in [0.5, 0.6) is 0 Å². The summed E-state index contributed by atoms with van der Waals surface area (Å²) in [4.78, 5) is 15.1. The molecule has 0 radical (unpaired) electrons. The van der Waals surface area contributed by atoms with Gasteiger partial charge in [-0.05, 0) is 31.4 Å². The van der Waals surface area contributed by atoms with Gasteiger partial charge in [0.15, 0.2) is 12.1 Å². The molecule has 4 nitrogen and oxygen atoms in total. The molecule has 17 heavy (non-hydrogen) atoms. The van der Waals surface area contributed by atoms with Crippen molar-refractivity contribution in [1.82, 2.24) is 4.98 Å². The summed E-state index contributed by atoms with van der Waals surface area (Å²) in [5, 5.41) is 0. The summed E-state index contributed by atoms with van der Waals surface area (Å²) in [5.41, 5.74) is -0.0386. The number of carbonyl (C=O) groups excluding carboxylic acids is 1. The largest absolute Gasteiger partial charge is 0.353 e. The molecule has 1 aromatic heterocycles. The Bertz CT molecular complexity index is 391. The summed E-state index contributed by atoms with van der Waals surface area (Å²) in [7, 11) is 0. The Morgan fingerprint density at radius 3 is 3.18 bits per heavy atom. The Morgan fingerprint density at radius 2 is 2.47 bits per heavy atom. The van der Waals surface area contributed by atoms with E-state index in [0.717, 1.165) is 19.3 Å². The molecular formula is C12H14FNO3. The van der Waals surface area contributed by atoms with E-state index < -0.39 is 11.7 Å². The minimum atomic E-state index is -0.759. The highest BCUT2D eigenvalue weighted by molar-refractivity contribution is 5.96. The second-order valence-corrected chi connectivity index (χ2v) is 3.87. The Morgan fingerprint density at radius 1 is 1.59 bits per heavy atom. The highest BCUT2D eigenvalue weighted by Gasteiger charge is 2.18. The van der Waals surface area contributed by atoms with Gasteiger partial charge in [0.1, 0.15) is 6.61 Å². The fraction of sp³-hybridized carbons (Fsp3) is 0.500. The molecule has 1 aromatic rings. The lowest BCUT2D eigenvalue weighted by Gasteiger charge is -2.22. The molecule has 2 heterocycles. The van der Waals surface area contributed by atoms with Crippen molar-refractivity contribution in [3.8, 4) is 0 Å². The molecule has 0 aromatic carbocycles. The number of hydrogen-bond acceptors (Lipinski definition) is 4. The molecule has 5 heteroatoms. The van der Waals surface area contributed by atoms with E-state index in [1.54, 1.807) is 0 Å². The van der Waals surface area contributed by atoms with Crippen LogP contribution >= 0.6 is 0 Å². The molecule has 1 saturated heterocycles. The van der Waals surface area contributed by atoms with Gasteiger partial charge in [-0.3, -0.25) is 4.79 Å². The summed E-state index contributed by atoms with van der Waals surface area (Å²) >= 11 is 0. The normalized spacial score (nSPS) is 20.2. The van der Waals surface area contributed by atoms with Gasteiger partial charge in [-0.25, -0.2) is 4.98 Å². The fourth-order valence-electron chi connectivity index (χ4n) is 1.68. The first-order valence-electron chi connectivity index (χ1n) is 5.64.